The third kappa shape index (κ3) is 3.11. The molecule has 1 N–H and O–H groups in total. The minimum Gasteiger partial charge on any atom is -0.385 e. The molecular weight excluding hydrogens is 232 g/mol. The maximum absolute atomic E-state index is 3.54. The van der Waals surface area contributed by atoms with E-state index in [0.717, 1.165) is 18.5 Å². The second-order valence-electron chi connectivity index (χ2n) is 6.08. The van der Waals surface area contributed by atoms with Crippen molar-refractivity contribution in [2.75, 3.05) is 25.0 Å². The van der Waals surface area contributed by atoms with Gasteiger partial charge in [0.15, 0.2) is 0 Å². The Morgan fingerprint density at radius 2 is 2.05 bits per heavy atom. The lowest BCUT2D eigenvalue weighted by Gasteiger charge is -2.32. The first kappa shape index (κ1) is 13.0. The van der Waals surface area contributed by atoms with Gasteiger partial charge in [-0.1, -0.05) is 31.5 Å². The number of rotatable bonds is 6. The molecule has 2 heteroatoms. The van der Waals surface area contributed by atoms with Gasteiger partial charge in [0, 0.05) is 30.7 Å². The Kier molecular flexibility index (Phi) is 4.07. The summed E-state index contributed by atoms with van der Waals surface area (Å²) in [6.07, 6.45) is 6.80. The molecule has 104 valence electrons. The van der Waals surface area contributed by atoms with Crippen LogP contribution in [0.5, 0.6) is 0 Å². The molecule has 1 aliphatic carbocycles. The zero-order valence-electron chi connectivity index (χ0n) is 12.1. The fourth-order valence-electron chi connectivity index (χ4n) is 3.25. The molecule has 1 aliphatic heterocycles. The van der Waals surface area contributed by atoms with Crippen molar-refractivity contribution in [3.63, 3.8) is 0 Å². The summed E-state index contributed by atoms with van der Waals surface area (Å²) < 4.78 is 0. The summed E-state index contributed by atoms with van der Waals surface area (Å²) >= 11 is 0. The van der Waals surface area contributed by atoms with Gasteiger partial charge in [-0.15, -0.1) is 0 Å². The van der Waals surface area contributed by atoms with Crippen molar-refractivity contribution < 1.29 is 0 Å². The van der Waals surface area contributed by atoms with Gasteiger partial charge in [-0.3, -0.25) is 4.90 Å². The number of benzene rings is 1. The minimum atomic E-state index is 0.731. The molecule has 19 heavy (non-hydrogen) atoms. The van der Waals surface area contributed by atoms with Crippen LogP contribution in [0.25, 0.3) is 0 Å². The summed E-state index contributed by atoms with van der Waals surface area (Å²) in [6.45, 7) is 6.00. The molecule has 0 spiro atoms. The third-order valence-corrected chi connectivity index (χ3v) is 4.53. The van der Waals surface area contributed by atoms with Crippen molar-refractivity contribution in [2.45, 2.75) is 51.0 Å². The quantitative estimate of drug-likeness (QED) is 0.833. The van der Waals surface area contributed by atoms with Crippen molar-refractivity contribution in [2.24, 2.45) is 0 Å². The topological polar surface area (TPSA) is 15.3 Å². The zero-order valence-corrected chi connectivity index (χ0v) is 12.1. The van der Waals surface area contributed by atoms with E-state index < -0.39 is 0 Å². The van der Waals surface area contributed by atoms with Crippen molar-refractivity contribution in [1.29, 1.82) is 0 Å². The minimum absolute atomic E-state index is 0.731. The van der Waals surface area contributed by atoms with Gasteiger partial charge < -0.3 is 5.32 Å². The van der Waals surface area contributed by atoms with Crippen LogP contribution in [0.2, 0.25) is 0 Å². The lowest BCUT2D eigenvalue weighted by Crippen LogP contribution is -2.34. The van der Waals surface area contributed by atoms with Gasteiger partial charge in [0.05, 0.1) is 0 Å². The Hall–Kier alpha value is -1.02. The molecule has 2 aliphatic rings. The number of para-hydroxylation sites is 1. The maximum Gasteiger partial charge on any atom is 0.0376 e. The largest absolute Gasteiger partial charge is 0.385 e. The third-order valence-electron chi connectivity index (χ3n) is 4.53. The van der Waals surface area contributed by atoms with Crippen LogP contribution in [-0.2, 0) is 0 Å². The fourth-order valence-corrected chi connectivity index (χ4v) is 3.25. The summed E-state index contributed by atoms with van der Waals surface area (Å²) in [4.78, 5) is 2.76. The van der Waals surface area contributed by atoms with Crippen LogP contribution < -0.4 is 5.32 Å². The van der Waals surface area contributed by atoms with Crippen molar-refractivity contribution in [3.8, 4) is 0 Å². The van der Waals surface area contributed by atoms with Crippen LogP contribution in [0.3, 0.4) is 0 Å². The molecule has 0 bridgehead atoms. The van der Waals surface area contributed by atoms with E-state index in [9.17, 15) is 0 Å². The number of nitrogens with zero attached hydrogens (tertiary/aromatic N) is 1. The van der Waals surface area contributed by atoms with Gasteiger partial charge in [-0.2, -0.15) is 0 Å². The van der Waals surface area contributed by atoms with E-state index >= 15 is 0 Å². The van der Waals surface area contributed by atoms with Gasteiger partial charge in [0.25, 0.3) is 0 Å². The number of anilines is 1. The van der Waals surface area contributed by atoms with E-state index in [0.29, 0.717) is 0 Å². The second-order valence-corrected chi connectivity index (χ2v) is 6.08. The molecule has 1 heterocycles. The molecule has 2 nitrogen and oxygen atoms in total. The Balaban J connectivity index is 1.68. The first-order valence-electron chi connectivity index (χ1n) is 7.95. The summed E-state index contributed by atoms with van der Waals surface area (Å²) in [5, 5.41) is 3.54. The lowest BCUT2D eigenvalue weighted by atomic mass is 9.90. The van der Waals surface area contributed by atoms with Crippen LogP contribution in [-0.4, -0.2) is 30.6 Å². The molecule has 3 rings (SSSR count). The first-order valence-corrected chi connectivity index (χ1v) is 7.95. The number of hydrogen-bond donors (Lipinski definition) is 1. The molecule has 1 saturated carbocycles. The van der Waals surface area contributed by atoms with Gasteiger partial charge in [-0.05, 0) is 43.9 Å². The molecule has 0 radical (unpaired) electrons. The highest BCUT2D eigenvalue weighted by Gasteiger charge is 2.31. The van der Waals surface area contributed by atoms with Crippen LogP contribution in [0.1, 0.15) is 50.5 Å². The first-order chi connectivity index (χ1) is 9.38. The van der Waals surface area contributed by atoms with E-state index in [1.54, 1.807) is 0 Å². The lowest BCUT2D eigenvalue weighted by molar-refractivity contribution is 0.239. The molecule has 1 aromatic rings. The van der Waals surface area contributed by atoms with Crippen LogP contribution >= 0.6 is 0 Å². The predicted octanol–water partition coefficient (Wildman–Crippen LogP) is 3.85. The zero-order chi connectivity index (χ0) is 13.1. The van der Waals surface area contributed by atoms with E-state index in [1.807, 2.05) is 0 Å². The number of fused-ring (bicyclic) bond motifs is 1. The summed E-state index contributed by atoms with van der Waals surface area (Å²) in [7, 11) is 0. The average molecular weight is 258 g/mol. The molecule has 1 unspecified atom stereocenters. The van der Waals surface area contributed by atoms with Crippen LogP contribution in [0, 0.1) is 0 Å². The molecule has 1 atom stereocenters. The van der Waals surface area contributed by atoms with Crippen LogP contribution in [0.15, 0.2) is 24.3 Å². The highest BCUT2D eigenvalue weighted by molar-refractivity contribution is 5.54. The predicted molar refractivity (Wildman–Crippen MR) is 81.8 cm³/mol. The number of hydrogen-bond acceptors (Lipinski definition) is 2. The monoisotopic (exact) mass is 258 g/mol. The summed E-state index contributed by atoms with van der Waals surface area (Å²) in [6, 6.07) is 9.77. The Bertz CT molecular complexity index is 411. The van der Waals surface area contributed by atoms with E-state index in [2.05, 4.69) is 41.4 Å². The molecular formula is C17H26N2. The molecule has 0 amide bonds. The molecule has 1 fully saturated rings. The van der Waals surface area contributed by atoms with Crippen LogP contribution in [0.4, 0.5) is 5.69 Å². The van der Waals surface area contributed by atoms with Crippen molar-refractivity contribution in [1.82, 2.24) is 4.90 Å². The number of nitrogens with one attached hydrogen (secondary N) is 1. The SMILES string of the molecule is CCCCN(CC1CCNc2ccccc21)C1CC1. The van der Waals surface area contributed by atoms with Gasteiger partial charge in [0.2, 0.25) is 0 Å². The average Bonchev–Trinajstić information content (AvgIpc) is 3.28. The smallest absolute Gasteiger partial charge is 0.0376 e. The number of unbranched alkanes of at least 4 members (excludes halogenated alkanes) is 1. The summed E-state index contributed by atoms with van der Waals surface area (Å²) in [5.41, 5.74) is 2.90. The molecule has 0 saturated heterocycles. The van der Waals surface area contributed by atoms with E-state index in [4.69, 9.17) is 0 Å². The Labute approximate surface area is 117 Å². The highest BCUT2D eigenvalue weighted by atomic mass is 15.2. The maximum atomic E-state index is 3.54. The molecule has 0 aromatic heterocycles. The van der Waals surface area contributed by atoms with Crippen molar-refractivity contribution >= 4 is 5.69 Å². The standard InChI is InChI=1S/C17H26N2/c1-2-3-12-19(15-8-9-15)13-14-10-11-18-17-7-5-4-6-16(14)17/h4-7,14-15,18H,2-3,8-13H2,1H3. The Morgan fingerprint density at radius 1 is 1.21 bits per heavy atom. The van der Waals surface area contributed by atoms with Gasteiger partial charge in [0.1, 0.15) is 0 Å². The van der Waals surface area contributed by atoms with Gasteiger partial charge >= 0.3 is 0 Å². The second kappa shape index (κ2) is 5.96. The fraction of sp³-hybridized carbons (Fsp3) is 0.647. The highest BCUT2D eigenvalue weighted by Crippen LogP contribution is 2.35. The van der Waals surface area contributed by atoms with E-state index in [1.165, 1.54) is 56.4 Å². The normalized spacial score (nSPS) is 22.1. The van der Waals surface area contributed by atoms with Crippen molar-refractivity contribution in [3.05, 3.63) is 29.8 Å². The van der Waals surface area contributed by atoms with E-state index in [-0.39, 0.29) is 0 Å². The summed E-state index contributed by atoms with van der Waals surface area (Å²) in [5.74, 6) is 0.731. The molecule has 1 aromatic carbocycles. The Morgan fingerprint density at radius 3 is 2.84 bits per heavy atom. The van der Waals surface area contributed by atoms with Gasteiger partial charge in [-0.25, -0.2) is 0 Å².